The number of aliphatic imine (C=N–C) groups is 1. The molecule has 1 saturated carbocycles. The molecule has 110 valence electrons. The molecular formula is C13H16F3N3S. The van der Waals surface area contributed by atoms with Crippen molar-refractivity contribution in [3.8, 4) is 0 Å². The van der Waals surface area contributed by atoms with Crippen LogP contribution in [0.5, 0.6) is 0 Å². The highest BCUT2D eigenvalue weighted by atomic mass is 32.2. The van der Waals surface area contributed by atoms with E-state index in [1.807, 2.05) is 0 Å². The largest absolute Gasteiger partial charge is 0.399 e. The number of halogens is 3. The van der Waals surface area contributed by atoms with Gasteiger partial charge in [-0.25, -0.2) is 13.2 Å². The van der Waals surface area contributed by atoms with Gasteiger partial charge in [0.05, 0.1) is 6.04 Å². The first-order valence-corrected chi connectivity index (χ1v) is 7.04. The molecule has 3 unspecified atom stereocenters. The van der Waals surface area contributed by atoms with E-state index in [4.69, 9.17) is 11.5 Å². The van der Waals surface area contributed by atoms with E-state index in [2.05, 4.69) is 11.9 Å². The van der Waals surface area contributed by atoms with Crippen molar-refractivity contribution in [2.24, 2.45) is 22.6 Å². The van der Waals surface area contributed by atoms with Gasteiger partial charge in [-0.3, -0.25) is 4.99 Å². The van der Waals surface area contributed by atoms with Gasteiger partial charge in [0.2, 0.25) is 6.93 Å². The number of fused-ring (bicyclic) bond motifs is 1. The van der Waals surface area contributed by atoms with E-state index in [0.29, 0.717) is 33.5 Å². The smallest absolute Gasteiger partial charge is 0.229 e. The topological polar surface area (TPSA) is 64.4 Å². The van der Waals surface area contributed by atoms with E-state index >= 15 is 0 Å². The van der Waals surface area contributed by atoms with Crippen LogP contribution in [0.3, 0.4) is 0 Å². The zero-order valence-corrected chi connectivity index (χ0v) is 11.7. The predicted molar refractivity (Wildman–Crippen MR) is 76.3 cm³/mol. The van der Waals surface area contributed by atoms with Crippen LogP contribution < -0.4 is 11.5 Å². The summed E-state index contributed by atoms with van der Waals surface area (Å²) in [4.78, 5) is 4.39. The van der Waals surface area contributed by atoms with Crippen molar-refractivity contribution in [3.05, 3.63) is 29.6 Å². The second-order valence-corrected chi connectivity index (χ2v) is 6.01. The average molecular weight is 303 g/mol. The lowest BCUT2D eigenvalue weighted by molar-refractivity contribution is 0.295. The normalized spacial score (nSPS) is 30.7. The number of nitrogen functional groups attached to an aromatic ring is 1. The number of nitrogens with two attached hydrogens (primary N) is 2. The molecular weight excluding hydrogens is 287 g/mol. The van der Waals surface area contributed by atoms with E-state index in [0.717, 1.165) is 0 Å². The highest BCUT2D eigenvalue weighted by Gasteiger charge is 2.55. The van der Waals surface area contributed by atoms with Gasteiger partial charge in [-0.2, -0.15) is 0 Å². The van der Waals surface area contributed by atoms with E-state index in [1.54, 1.807) is 23.9 Å². The van der Waals surface area contributed by atoms with Crippen molar-refractivity contribution in [1.82, 2.24) is 0 Å². The highest BCUT2D eigenvalue weighted by molar-refractivity contribution is 8.14. The van der Waals surface area contributed by atoms with Crippen LogP contribution in [-0.2, 0) is 0 Å². The molecule has 2 aliphatic rings. The van der Waals surface area contributed by atoms with Gasteiger partial charge in [0.25, 0.3) is 0 Å². The molecule has 3 rings (SSSR count). The quantitative estimate of drug-likeness (QED) is 0.784. The first-order chi connectivity index (χ1) is 9.49. The van der Waals surface area contributed by atoms with Crippen LogP contribution in [0, 0.1) is 17.7 Å². The molecule has 0 bridgehead atoms. The Balaban J connectivity index is 0.000000452. The molecule has 1 aliphatic carbocycles. The van der Waals surface area contributed by atoms with Crippen LogP contribution in [0.2, 0.25) is 0 Å². The van der Waals surface area contributed by atoms with Gasteiger partial charge in [0, 0.05) is 22.4 Å². The summed E-state index contributed by atoms with van der Waals surface area (Å²) in [6.45, 7) is 0.410. The number of hydrogen-bond donors (Lipinski definition) is 2. The molecule has 0 aromatic heterocycles. The van der Waals surface area contributed by atoms with Crippen LogP contribution in [0.4, 0.5) is 18.9 Å². The third-order valence-corrected chi connectivity index (χ3v) is 4.95. The minimum absolute atomic E-state index is 0.167. The van der Waals surface area contributed by atoms with E-state index in [9.17, 15) is 13.2 Å². The molecule has 3 nitrogen and oxygen atoms in total. The molecule has 1 fully saturated rings. The first-order valence-electron chi connectivity index (χ1n) is 6.16. The number of nitrogens with zero attached hydrogens (tertiary/aromatic N) is 1. The summed E-state index contributed by atoms with van der Waals surface area (Å²) in [5.74, 6) is 0.685. The molecule has 1 aromatic carbocycles. The molecule has 0 saturated heterocycles. The molecule has 1 heterocycles. The Morgan fingerprint density at radius 3 is 2.60 bits per heavy atom. The monoisotopic (exact) mass is 303 g/mol. The third-order valence-electron chi connectivity index (χ3n) is 3.59. The summed E-state index contributed by atoms with van der Waals surface area (Å²) in [6, 6.07) is 4.48. The Labute approximate surface area is 119 Å². The van der Waals surface area contributed by atoms with Crippen LogP contribution in [-0.4, -0.2) is 17.3 Å². The number of alkyl halides is 2. The van der Waals surface area contributed by atoms with Crippen LogP contribution in [0.1, 0.15) is 18.5 Å². The lowest BCUT2D eigenvalue weighted by Gasteiger charge is -2.18. The highest BCUT2D eigenvalue weighted by Crippen LogP contribution is 2.58. The SMILES string of the molecule is C[C@@H]1C2SC(N)=NC(c3cc(N)ccc3F)C21.FCF. The second-order valence-electron chi connectivity index (χ2n) is 4.81. The van der Waals surface area contributed by atoms with Gasteiger partial charge < -0.3 is 11.5 Å². The van der Waals surface area contributed by atoms with Gasteiger partial charge in [0.15, 0.2) is 5.17 Å². The molecule has 1 aliphatic heterocycles. The fourth-order valence-corrected chi connectivity index (χ4v) is 3.88. The van der Waals surface area contributed by atoms with Crippen molar-refractivity contribution in [3.63, 3.8) is 0 Å². The molecule has 0 spiro atoms. The van der Waals surface area contributed by atoms with Crippen LogP contribution in [0.25, 0.3) is 0 Å². The maximum Gasteiger partial charge on any atom is 0.229 e. The molecule has 0 amide bonds. The van der Waals surface area contributed by atoms with Crippen molar-refractivity contribution in [2.75, 3.05) is 12.7 Å². The number of thioether (sulfide) groups is 1. The van der Waals surface area contributed by atoms with Gasteiger partial charge >= 0.3 is 0 Å². The molecule has 4 N–H and O–H groups in total. The lowest BCUT2D eigenvalue weighted by Crippen LogP contribution is -2.17. The Morgan fingerprint density at radius 2 is 1.95 bits per heavy atom. The number of amidine groups is 1. The Bertz CT molecular complexity index is 524. The fraction of sp³-hybridized carbons (Fsp3) is 0.462. The van der Waals surface area contributed by atoms with Crippen molar-refractivity contribution in [2.45, 2.75) is 18.2 Å². The maximum atomic E-state index is 13.8. The Kier molecular flexibility index (Phi) is 4.47. The van der Waals surface area contributed by atoms with Gasteiger partial charge in [0.1, 0.15) is 5.82 Å². The van der Waals surface area contributed by atoms with Crippen molar-refractivity contribution in [1.29, 1.82) is 0 Å². The molecule has 0 radical (unpaired) electrons. The number of benzene rings is 1. The number of anilines is 1. The van der Waals surface area contributed by atoms with Crippen LogP contribution >= 0.6 is 11.8 Å². The average Bonchev–Trinajstić information content (AvgIpc) is 3.03. The third kappa shape index (κ3) is 2.87. The standard InChI is InChI=1S/C12H14FN3S.CH2F2/c1-5-9-10(16-12(15)17-11(5)9)7-4-6(14)2-3-8(7)13;2-1-3/h2-5,9-11H,14H2,1H3,(H2,15,16);1H2/t5-,9?,10?,11?;/m0./s1. The van der Waals surface area contributed by atoms with E-state index < -0.39 is 6.93 Å². The van der Waals surface area contributed by atoms with Crippen molar-refractivity contribution >= 4 is 22.6 Å². The first kappa shape index (κ1) is 15.0. The van der Waals surface area contributed by atoms with Crippen LogP contribution in [0.15, 0.2) is 23.2 Å². The summed E-state index contributed by atoms with van der Waals surface area (Å²) in [7, 11) is 0. The minimum Gasteiger partial charge on any atom is -0.399 e. The van der Waals surface area contributed by atoms with E-state index in [1.165, 1.54) is 6.07 Å². The molecule has 7 heteroatoms. The summed E-state index contributed by atoms with van der Waals surface area (Å²) in [6.07, 6.45) is 0. The van der Waals surface area contributed by atoms with Gasteiger partial charge in [-0.05, 0) is 24.1 Å². The lowest BCUT2D eigenvalue weighted by atomic mass is 10.0. The zero-order valence-electron chi connectivity index (χ0n) is 10.9. The number of rotatable bonds is 1. The number of hydrogen-bond acceptors (Lipinski definition) is 4. The van der Waals surface area contributed by atoms with Gasteiger partial charge in [-0.1, -0.05) is 18.7 Å². The molecule has 20 heavy (non-hydrogen) atoms. The summed E-state index contributed by atoms with van der Waals surface area (Å²) >= 11 is 1.61. The molecule has 1 aromatic rings. The Morgan fingerprint density at radius 1 is 1.30 bits per heavy atom. The molecule has 4 atom stereocenters. The minimum atomic E-state index is -1.75. The summed E-state index contributed by atoms with van der Waals surface area (Å²) in [5, 5.41) is 1.04. The van der Waals surface area contributed by atoms with E-state index in [-0.39, 0.29) is 11.9 Å². The Hall–Kier alpha value is -1.37. The second kappa shape index (κ2) is 5.95. The summed E-state index contributed by atoms with van der Waals surface area (Å²) in [5.41, 5.74) is 12.6. The summed E-state index contributed by atoms with van der Waals surface area (Å²) < 4.78 is 33.1. The van der Waals surface area contributed by atoms with Crippen molar-refractivity contribution < 1.29 is 13.2 Å². The predicted octanol–water partition coefficient (Wildman–Crippen LogP) is 3.03. The fourth-order valence-electron chi connectivity index (χ4n) is 2.57. The zero-order chi connectivity index (χ0) is 14.9. The maximum absolute atomic E-state index is 13.8. The van der Waals surface area contributed by atoms with Gasteiger partial charge in [-0.15, -0.1) is 0 Å².